The fourth-order valence-electron chi connectivity index (χ4n) is 1.68. The van der Waals surface area contributed by atoms with E-state index in [-0.39, 0.29) is 17.1 Å². The van der Waals surface area contributed by atoms with Crippen LogP contribution >= 0.6 is 11.8 Å². The van der Waals surface area contributed by atoms with E-state index in [1.807, 2.05) is 0 Å². The Morgan fingerprint density at radius 1 is 1.40 bits per heavy atom. The van der Waals surface area contributed by atoms with E-state index < -0.39 is 17.6 Å². The zero-order valence-electron chi connectivity index (χ0n) is 10.5. The summed E-state index contributed by atoms with van der Waals surface area (Å²) in [7, 11) is 0. The summed E-state index contributed by atoms with van der Waals surface area (Å²) in [5.41, 5.74) is 0.00141. The lowest BCUT2D eigenvalue weighted by Gasteiger charge is -2.07. The zero-order valence-corrected chi connectivity index (χ0v) is 11.3. The zero-order chi connectivity index (χ0) is 14.7. The van der Waals surface area contributed by atoms with Crippen molar-refractivity contribution in [2.24, 2.45) is 0 Å². The molecule has 2 aromatic rings. The van der Waals surface area contributed by atoms with Crippen molar-refractivity contribution in [2.45, 2.75) is 18.6 Å². The number of hydrogen-bond donors (Lipinski definition) is 1. The van der Waals surface area contributed by atoms with Gasteiger partial charge >= 0.3 is 5.97 Å². The third-order valence-corrected chi connectivity index (χ3v) is 3.50. The Balaban J connectivity index is 2.42. The van der Waals surface area contributed by atoms with E-state index in [9.17, 15) is 13.6 Å². The summed E-state index contributed by atoms with van der Waals surface area (Å²) in [6.07, 6.45) is 0. The van der Waals surface area contributed by atoms with E-state index in [0.29, 0.717) is 11.7 Å². The number of thioether (sulfide) groups is 1. The second-order valence-electron chi connectivity index (χ2n) is 3.83. The molecule has 8 heteroatoms. The maximum absolute atomic E-state index is 13.8. The van der Waals surface area contributed by atoms with Crippen LogP contribution in [0.2, 0.25) is 0 Å². The first-order chi connectivity index (χ1) is 9.54. The number of carboxylic acids is 1. The molecule has 1 N–H and O–H groups in total. The van der Waals surface area contributed by atoms with Crippen molar-refractivity contribution in [3.8, 4) is 11.4 Å². The molecular formula is C12H11F2N3O2S. The average molecular weight is 299 g/mol. The molecule has 0 unspecified atom stereocenters. The highest BCUT2D eigenvalue weighted by atomic mass is 32.2. The van der Waals surface area contributed by atoms with E-state index in [2.05, 4.69) is 10.2 Å². The molecule has 0 bridgehead atoms. The number of rotatable bonds is 5. The first kappa shape index (κ1) is 14.4. The standard InChI is InChI=1S/C12H11F2N3O2S/c1-2-17-11(7-4-3-5-8(13)10(7)14)15-16-12(17)20-6-9(18)19/h3-5H,2,6H2,1H3,(H,18,19). The summed E-state index contributed by atoms with van der Waals surface area (Å²) in [5, 5.41) is 16.7. The van der Waals surface area contributed by atoms with Gasteiger partial charge in [0.05, 0.1) is 11.3 Å². The predicted octanol–water partition coefficient (Wildman–Crippen LogP) is 2.42. The van der Waals surface area contributed by atoms with E-state index in [1.165, 1.54) is 12.1 Å². The van der Waals surface area contributed by atoms with E-state index >= 15 is 0 Å². The minimum atomic E-state index is -0.996. The van der Waals surface area contributed by atoms with Crippen molar-refractivity contribution in [3.63, 3.8) is 0 Å². The highest BCUT2D eigenvalue weighted by Gasteiger charge is 2.18. The van der Waals surface area contributed by atoms with Crippen LogP contribution in [0.5, 0.6) is 0 Å². The van der Waals surface area contributed by atoms with Crippen LogP contribution in [0.25, 0.3) is 11.4 Å². The fraction of sp³-hybridized carbons (Fsp3) is 0.250. The van der Waals surface area contributed by atoms with E-state index in [1.54, 1.807) is 11.5 Å². The first-order valence-corrected chi connectivity index (χ1v) is 6.75. The highest BCUT2D eigenvalue weighted by molar-refractivity contribution is 7.99. The number of carboxylic acid groups (broad SMARTS) is 1. The van der Waals surface area contributed by atoms with Crippen LogP contribution in [0, 0.1) is 11.6 Å². The Bertz CT molecular complexity index is 646. The quantitative estimate of drug-likeness (QED) is 0.859. The molecular weight excluding hydrogens is 288 g/mol. The molecule has 0 aliphatic heterocycles. The lowest BCUT2D eigenvalue weighted by Crippen LogP contribution is -2.04. The van der Waals surface area contributed by atoms with Gasteiger partial charge in [0.2, 0.25) is 0 Å². The van der Waals surface area contributed by atoms with Gasteiger partial charge in [-0.15, -0.1) is 10.2 Å². The lowest BCUT2D eigenvalue weighted by molar-refractivity contribution is -0.133. The molecule has 0 saturated heterocycles. The third kappa shape index (κ3) is 2.79. The van der Waals surface area contributed by atoms with Gasteiger partial charge in [-0.25, -0.2) is 8.78 Å². The summed E-state index contributed by atoms with van der Waals surface area (Å²) >= 11 is 0.979. The second-order valence-corrected chi connectivity index (χ2v) is 4.78. The molecule has 1 aromatic heterocycles. The van der Waals surface area contributed by atoms with Crippen LogP contribution < -0.4 is 0 Å². The molecule has 0 atom stereocenters. The van der Waals surface area contributed by atoms with Crippen molar-refractivity contribution >= 4 is 17.7 Å². The summed E-state index contributed by atoms with van der Waals surface area (Å²) in [6.45, 7) is 2.20. The van der Waals surface area contributed by atoms with Crippen molar-refractivity contribution in [2.75, 3.05) is 5.75 Å². The van der Waals surface area contributed by atoms with Crippen LogP contribution in [-0.2, 0) is 11.3 Å². The summed E-state index contributed by atoms with van der Waals surface area (Å²) < 4.78 is 28.6. The number of hydrogen-bond acceptors (Lipinski definition) is 4. The van der Waals surface area contributed by atoms with E-state index in [0.717, 1.165) is 17.8 Å². The molecule has 1 heterocycles. The SMILES string of the molecule is CCn1c(SCC(=O)O)nnc1-c1cccc(F)c1F. The average Bonchev–Trinajstić information content (AvgIpc) is 2.82. The predicted molar refractivity (Wildman–Crippen MR) is 69.4 cm³/mol. The molecule has 0 amide bonds. The Morgan fingerprint density at radius 2 is 2.15 bits per heavy atom. The number of halogens is 2. The van der Waals surface area contributed by atoms with Crippen LogP contribution in [0.4, 0.5) is 8.78 Å². The van der Waals surface area contributed by atoms with E-state index in [4.69, 9.17) is 5.11 Å². The Kier molecular flexibility index (Phi) is 4.33. The smallest absolute Gasteiger partial charge is 0.313 e. The van der Waals surface area contributed by atoms with Gasteiger partial charge in [0, 0.05) is 6.54 Å². The van der Waals surface area contributed by atoms with Gasteiger partial charge in [-0.2, -0.15) is 0 Å². The van der Waals surface area contributed by atoms with Gasteiger partial charge in [-0.05, 0) is 19.1 Å². The minimum Gasteiger partial charge on any atom is -0.481 e. The van der Waals surface area contributed by atoms with Gasteiger partial charge in [0.25, 0.3) is 0 Å². The number of carbonyl (C=O) groups is 1. The van der Waals surface area contributed by atoms with Gasteiger partial charge in [0.1, 0.15) is 0 Å². The van der Waals surface area contributed by atoms with Gasteiger partial charge in [-0.1, -0.05) is 17.8 Å². The van der Waals surface area contributed by atoms with Crippen molar-refractivity contribution in [1.82, 2.24) is 14.8 Å². The second kappa shape index (κ2) is 6.00. The van der Waals surface area contributed by atoms with Gasteiger partial charge in [-0.3, -0.25) is 4.79 Å². The normalized spacial score (nSPS) is 10.8. The molecule has 0 spiro atoms. The van der Waals surface area contributed by atoms with Crippen molar-refractivity contribution in [3.05, 3.63) is 29.8 Å². The van der Waals surface area contributed by atoms with Gasteiger partial charge < -0.3 is 9.67 Å². The molecule has 0 radical (unpaired) electrons. The number of aliphatic carboxylic acids is 1. The molecule has 5 nitrogen and oxygen atoms in total. The first-order valence-electron chi connectivity index (χ1n) is 5.76. The fourth-order valence-corrected chi connectivity index (χ4v) is 2.41. The summed E-state index contributed by atoms with van der Waals surface area (Å²) in [5.74, 6) is -2.95. The Hall–Kier alpha value is -1.96. The van der Waals surface area contributed by atoms with Gasteiger partial charge in [0.15, 0.2) is 22.6 Å². The maximum Gasteiger partial charge on any atom is 0.313 e. The minimum absolute atomic E-state index is 0.00141. The molecule has 2 rings (SSSR count). The molecule has 0 aliphatic carbocycles. The van der Waals surface area contributed by atoms with Crippen LogP contribution in [0.1, 0.15) is 6.92 Å². The van der Waals surface area contributed by atoms with Crippen molar-refractivity contribution in [1.29, 1.82) is 0 Å². The van der Waals surface area contributed by atoms with Crippen LogP contribution in [0.15, 0.2) is 23.4 Å². The molecule has 0 fully saturated rings. The molecule has 106 valence electrons. The molecule has 0 aliphatic rings. The molecule has 1 aromatic carbocycles. The number of benzene rings is 1. The highest BCUT2D eigenvalue weighted by Crippen LogP contribution is 2.26. The Labute approximate surface area is 117 Å². The third-order valence-electron chi connectivity index (χ3n) is 2.55. The topological polar surface area (TPSA) is 68.0 Å². The molecule has 0 saturated carbocycles. The lowest BCUT2D eigenvalue weighted by atomic mass is 10.2. The monoisotopic (exact) mass is 299 g/mol. The number of aromatic nitrogens is 3. The Morgan fingerprint density at radius 3 is 2.80 bits per heavy atom. The maximum atomic E-state index is 13.8. The van der Waals surface area contributed by atoms with Crippen LogP contribution in [0.3, 0.4) is 0 Å². The summed E-state index contributed by atoms with van der Waals surface area (Å²) in [4.78, 5) is 10.6. The number of nitrogens with zero attached hydrogens (tertiary/aromatic N) is 3. The summed E-state index contributed by atoms with van der Waals surface area (Å²) in [6, 6.07) is 3.80. The van der Waals surface area contributed by atoms with Crippen LogP contribution in [-0.4, -0.2) is 31.6 Å². The largest absolute Gasteiger partial charge is 0.481 e. The molecule has 20 heavy (non-hydrogen) atoms. The van der Waals surface area contributed by atoms with Crippen molar-refractivity contribution < 1.29 is 18.7 Å².